The fraction of sp³-hybridized carbons (Fsp3) is 0.300. The predicted molar refractivity (Wildman–Crippen MR) is 121 cm³/mol. The van der Waals surface area contributed by atoms with Crippen LogP contribution in [-0.4, -0.2) is 37.7 Å². The highest BCUT2D eigenvalue weighted by Gasteiger charge is 2.33. The molecule has 1 aliphatic rings. The van der Waals surface area contributed by atoms with Gasteiger partial charge in [-0.3, -0.25) is 15.0 Å². The fourth-order valence-corrected chi connectivity index (χ4v) is 5.73. The van der Waals surface area contributed by atoms with E-state index in [1.54, 1.807) is 12.1 Å². The largest absolute Gasteiger partial charge is 0.351 e. The molecule has 3 rings (SSSR count). The molecule has 1 heterocycles. The van der Waals surface area contributed by atoms with Crippen molar-refractivity contribution < 1.29 is 22.8 Å². The van der Waals surface area contributed by atoms with E-state index in [-0.39, 0.29) is 33.8 Å². The van der Waals surface area contributed by atoms with Crippen molar-refractivity contribution >= 4 is 56.7 Å². The summed E-state index contributed by atoms with van der Waals surface area (Å²) in [5.74, 6) is -1.40. The first-order valence-electron chi connectivity index (χ1n) is 9.63. The number of benzene rings is 2. The van der Waals surface area contributed by atoms with E-state index in [1.807, 2.05) is 0 Å². The van der Waals surface area contributed by atoms with Crippen LogP contribution in [0, 0.1) is 5.92 Å². The van der Waals surface area contributed by atoms with Crippen LogP contribution in [0.3, 0.4) is 0 Å². The van der Waals surface area contributed by atoms with E-state index in [9.17, 15) is 18.0 Å². The number of nitrogens with one attached hydrogen (secondary N) is 2. The van der Waals surface area contributed by atoms with Crippen molar-refractivity contribution in [1.82, 2.24) is 15.3 Å². The fourth-order valence-electron chi connectivity index (χ4n) is 3.31. The number of carbonyl (C=O) groups is 2. The van der Waals surface area contributed by atoms with Crippen molar-refractivity contribution in [3.63, 3.8) is 0 Å². The first-order valence-corrected chi connectivity index (χ1v) is 12.2. The molecule has 1 unspecified atom stereocenters. The summed E-state index contributed by atoms with van der Waals surface area (Å²) in [6.45, 7) is 0.448. The van der Waals surface area contributed by atoms with E-state index in [0.29, 0.717) is 30.0 Å². The second kappa shape index (κ2) is 10.8. The number of halogens is 3. The maximum absolute atomic E-state index is 13.0. The number of nitrogens with zero attached hydrogens (tertiary/aromatic N) is 1. The average molecular weight is 521 g/mol. The number of carbonyl (C=O) groups excluding carboxylic acids is 2. The maximum atomic E-state index is 13.0. The summed E-state index contributed by atoms with van der Waals surface area (Å²) in [6.07, 6.45) is 1.21. The van der Waals surface area contributed by atoms with Gasteiger partial charge in [0.15, 0.2) is 0 Å². The standard InChI is InChI=1S/C20H20Cl3N3O5S/c21-15-8-6-14(7-9-15)20(28)24-25-31-18(27)11-13-3-2-10-26(12-13)32(29,30)17-5-1-4-16(22)19(17)23/h1,4-9,13,25H,2-3,10-12H2,(H,24,28). The Morgan fingerprint density at radius 3 is 2.53 bits per heavy atom. The summed E-state index contributed by atoms with van der Waals surface area (Å²) in [6, 6.07) is 10.6. The molecule has 1 amide bonds. The van der Waals surface area contributed by atoms with Crippen LogP contribution in [0.25, 0.3) is 0 Å². The maximum Gasteiger partial charge on any atom is 0.327 e. The molecule has 0 aliphatic carbocycles. The minimum Gasteiger partial charge on any atom is -0.351 e. The summed E-state index contributed by atoms with van der Waals surface area (Å²) >= 11 is 17.8. The number of hydrazine groups is 1. The van der Waals surface area contributed by atoms with Crippen molar-refractivity contribution in [2.75, 3.05) is 13.1 Å². The highest BCUT2D eigenvalue weighted by atomic mass is 35.5. The molecule has 0 saturated carbocycles. The van der Waals surface area contributed by atoms with E-state index in [2.05, 4.69) is 11.0 Å². The van der Waals surface area contributed by atoms with Crippen LogP contribution < -0.4 is 11.0 Å². The highest BCUT2D eigenvalue weighted by Crippen LogP contribution is 2.33. The minimum atomic E-state index is -3.86. The molecule has 2 aromatic carbocycles. The van der Waals surface area contributed by atoms with Crippen molar-refractivity contribution in [1.29, 1.82) is 0 Å². The topological polar surface area (TPSA) is 105 Å². The number of rotatable bonds is 7. The van der Waals surface area contributed by atoms with Gasteiger partial charge in [-0.2, -0.15) is 4.31 Å². The summed E-state index contributed by atoms with van der Waals surface area (Å²) in [5.41, 5.74) is 4.69. The Hall–Kier alpha value is -1.88. The zero-order valence-corrected chi connectivity index (χ0v) is 19.8. The predicted octanol–water partition coefficient (Wildman–Crippen LogP) is 3.83. The molecular weight excluding hydrogens is 501 g/mol. The van der Waals surface area contributed by atoms with E-state index in [1.165, 1.54) is 34.6 Å². The van der Waals surface area contributed by atoms with Crippen molar-refractivity contribution in [3.05, 3.63) is 63.1 Å². The molecule has 0 spiro atoms. The Labute approximate surface area is 200 Å². The molecule has 0 bridgehead atoms. The van der Waals surface area contributed by atoms with Crippen LogP contribution >= 0.6 is 34.8 Å². The Balaban J connectivity index is 1.52. The van der Waals surface area contributed by atoms with Gasteiger partial charge in [0, 0.05) is 23.7 Å². The molecule has 172 valence electrons. The van der Waals surface area contributed by atoms with E-state index in [0.717, 1.165) is 0 Å². The van der Waals surface area contributed by atoms with Gasteiger partial charge in [-0.15, -0.1) is 0 Å². The number of hydrogen-bond acceptors (Lipinski definition) is 6. The van der Waals surface area contributed by atoms with E-state index < -0.39 is 21.9 Å². The lowest BCUT2D eigenvalue weighted by molar-refractivity contribution is -0.154. The molecule has 0 aromatic heterocycles. The summed E-state index contributed by atoms with van der Waals surface area (Å²) < 4.78 is 27.3. The molecule has 1 aliphatic heterocycles. The van der Waals surface area contributed by atoms with Crippen LogP contribution in [0.2, 0.25) is 15.1 Å². The zero-order chi connectivity index (χ0) is 23.3. The molecule has 8 nitrogen and oxygen atoms in total. The van der Waals surface area contributed by atoms with Crippen LogP contribution in [0.5, 0.6) is 0 Å². The lowest BCUT2D eigenvalue weighted by atomic mass is 9.96. The monoisotopic (exact) mass is 519 g/mol. The first-order chi connectivity index (χ1) is 15.2. The van der Waals surface area contributed by atoms with Gasteiger partial charge in [-0.1, -0.05) is 46.5 Å². The molecule has 2 N–H and O–H groups in total. The normalized spacial score (nSPS) is 17.0. The van der Waals surface area contributed by atoms with Crippen molar-refractivity contribution in [2.24, 2.45) is 5.92 Å². The summed E-state index contributed by atoms with van der Waals surface area (Å²) in [7, 11) is -3.86. The van der Waals surface area contributed by atoms with Gasteiger partial charge in [0.2, 0.25) is 10.0 Å². The second-order valence-electron chi connectivity index (χ2n) is 7.16. The van der Waals surface area contributed by atoms with Crippen LogP contribution in [0.1, 0.15) is 29.6 Å². The van der Waals surface area contributed by atoms with Crippen LogP contribution in [0.4, 0.5) is 0 Å². The van der Waals surface area contributed by atoms with Gasteiger partial charge in [-0.05, 0) is 55.2 Å². The lowest BCUT2D eigenvalue weighted by Crippen LogP contribution is -2.42. The van der Waals surface area contributed by atoms with Gasteiger partial charge in [0.1, 0.15) is 4.90 Å². The molecule has 32 heavy (non-hydrogen) atoms. The van der Waals surface area contributed by atoms with E-state index >= 15 is 0 Å². The number of amides is 1. The van der Waals surface area contributed by atoms with E-state index in [4.69, 9.17) is 39.6 Å². The third-order valence-corrected chi connectivity index (χ3v) is 8.00. The van der Waals surface area contributed by atoms with Gasteiger partial charge in [0.05, 0.1) is 16.5 Å². The molecule has 2 aromatic rings. The van der Waals surface area contributed by atoms with Crippen molar-refractivity contribution in [2.45, 2.75) is 24.2 Å². The summed E-state index contributed by atoms with van der Waals surface area (Å²) in [4.78, 5) is 28.9. The number of hydrogen-bond donors (Lipinski definition) is 2. The molecule has 1 fully saturated rings. The molecule has 12 heteroatoms. The van der Waals surface area contributed by atoms with Crippen LogP contribution in [-0.2, 0) is 19.7 Å². The SMILES string of the molecule is O=C(CC1CCCN(S(=O)(=O)c2cccc(Cl)c2Cl)C1)ONNC(=O)c1ccc(Cl)cc1. The van der Waals surface area contributed by atoms with Gasteiger partial charge in [-0.25, -0.2) is 8.42 Å². The van der Waals surface area contributed by atoms with Gasteiger partial charge in [0.25, 0.3) is 5.91 Å². The number of sulfonamides is 1. The smallest absolute Gasteiger partial charge is 0.327 e. The molecule has 1 atom stereocenters. The lowest BCUT2D eigenvalue weighted by Gasteiger charge is -2.31. The Bertz CT molecular complexity index is 1100. The minimum absolute atomic E-state index is 0.0287. The highest BCUT2D eigenvalue weighted by molar-refractivity contribution is 7.89. The quantitative estimate of drug-likeness (QED) is 0.538. The Morgan fingerprint density at radius 2 is 1.81 bits per heavy atom. The average Bonchev–Trinajstić information content (AvgIpc) is 2.76. The number of piperidine rings is 1. The third kappa shape index (κ3) is 6.12. The van der Waals surface area contributed by atoms with Gasteiger partial charge < -0.3 is 4.84 Å². The Kier molecular flexibility index (Phi) is 8.37. The first kappa shape index (κ1) is 24.8. The Morgan fingerprint density at radius 1 is 1.09 bits per heavy atom. The third-order valence-electron chi connectivity index (χ3n) is 4.91. The zero-order valence-electron chi connectivity index (χ0n) is 16.7. The van der Waals surface area contributed by atoms with Crippen LogP contribution in [0.15, 0.2) is 47.4 Å². The second-order valence-corrected chi connectivity index (χ2v) is 10.3. The van der Waals surface area contributed by atoms with Gasteiger partial charge >= 0.3 is 5.97 Å². The molecule has 0 radical (unpaired) electrons. The molecular formula is C20H20Cl3N3O5S. The van der Waals surface area contributed by atoms with Crippen molar-refractivity contribution in [3.8, 4) is 0 Å². The molecule has 1 saturated heterocycles. The summed E-state index contributed by atoms with van der Waals surface area (Å²) in [5, 5.41) is 0.607.